The summed E-state index contributed by atoms with van der Waals surface area (Å²) in [5.74, 6) is 0.0440. The fourth-order valence-electron chi connectivity index (χ4n) is 1.34. The van der Waals surface area contributed by atoms with E-state index in [1.807, 2.05) is 24.3 Å². The molecule has 1 aromatic carbocycles. The van der Waals surface area contributed by atoms with Gasteiger partial charge in [-0.1, -0.05) is 15.9 Å². The van der Waals surface area contributed by atoms with Crippen molar-refractivity contribution < 1.29 is 14.6 Å². The fourth-order valence-corrected chi connectivity index (χ4v) is 1.61. The second-order valence-corrected chi connectivity index (χ2v) is 5.51. The third-order valence-corrected chi connectivity index (χ3v) is 3.14. The molecule has 0 amide bonds. The van der Waals surface area contributed by atoms with Gasteiger partial charge in [-0.2, -0.15) is 0 Å². The Balaban J connectivity index is 2.29. The molecular formula is C13H17BrO3. The van der Waals surface area contributed by atoms with Gasteiger partial charge < -0.3 is 9.84 Å². The van der Waals surface area contributed by atoms with Crippen LogP contribution in [0.2, 0.25) is 0 Å². The number of halogens is 1. The monoisotopic (exact) mass is 300 g/mol. The van der Waals surface area contributed by atoms with Crippen LogP contribution in [0.15, 0.2) is 28.7 Å². The van der Waals surface area contributed by atoms with E-state index in [-0.39, 0.29) is 0 Å². The van der Waals surface area contributed by atoms with Gasteiger partial charge in [-0.25, -0.2) is 0 Å². The Hall–Kier alpha value is -1.03. The lowest BCUT2D eigenvalue weighted by molar-refractivity contribution is -0.147. The minimum Gasteiger partial charge on any atom is -0.494 e. The lowest BCUT2D eigenvalue weighted by Gasteiger charge is -2.18. The Labute approximate surface area is 110 Å². The van der Waals surface area contributed by atoms with E-state index in [1.165, 1.54) is 0 Å². The van der Waals surface area contributed by atoms with Crippen molar-refractivity contribution >= 4 is 21.9 Å². The minimum atomic E-state index is -0.763. The number of carboxylic acid groups (broad SMARTS) is 1. The molecule has 0 saturated heterocycles. The number of ether oxygens (including phenoxy) is 1. The maximum Gasteiger partial charge on any atom is 0.309 e. The molecule has 0 radical (unpaired) electrons. The summed E-state index contributed by atoms with van der Waals surface area (Å²) in [5, 5.41) is 8.94. The molecule has 0 spiro atoms. The summed E-state index contributed by atoms with van der Waals surface area (Å²) in [5.41, 5.74) is -0.678. The number of hydrogen-bond donors (Lipinski definition) is 1. The standard InChI is InChI=1S/C13H17BrO3/c1-13(2,12(15)16)8-3-9-17-11-6-4-10(14)5-7-11/h4-7H,3,8-9H2,1-2H3,(H,15,16). The zero-order chi connectivity index (χ0) is 12.9. The number of carbonyl (C=O) groups is 1. The largest absolute Gasteiger partial charge is 0.494 e. The number of aliphatic carboxylic acids is 1. The quantitative estimate of drug-likeness (QED) is 0.815. The van der Waals surface area contributed by atoms with Crippen molar-refractivity contribution in [3.05, 3.63) is 28.7 Å². The maximum atomic E-state index is 10.9. The fraction of sp³-hybridized carbons (Fsp3) is 0.462. The van der Waals surface area contributed by atoms with Gasteiger partial charge in [0.25, 0.3) is 0 Å². The van der Waals surface area contributed by atoms with Gasteiger partial charge in [0.2, 0.25) is 0 Å². The molecule has 94 valence electrons. The summed E-state index contributed by atoms with van der Waals surface area (Å²) >= 11 is 3.35. The molecule has 17 heavy (non-hydrogen) atoms. The van der Waals surface area contributed by atoms with Crippen LogP contribution in [0.5, 0.6) is 5.75 Å². The summed E-state index contributed by atoms with van der Waals surface area (Å²) < 4.78 is 6.53. The first kappa shape index (κ1) is 14.0. The molecule has 0 unspecified atom stereocenters. The molecule has 0 aliphatic carbocycles. The minimum absolute atomic E-state index is 0.540. The lowest BCUT2D eigenvalue weighted by atomic mass is 9.88. The van der Waals surface area contributed by atoms with E-state index in [1.54, 1.807) is 13.8 Å². The molecule has 0 aromatic heterocycles. The van der Waals surface area contributed by atoms with Crippen molar-refractivity contribution in [3.8, 4) is 5.75 Å². The van der Waals surface area contributed by atoms with Crippen LogP contribution in [0.1, 0.15) is 26.7 Å². The van der Waals surface area contributed by atoms with Gasteiger partial charge in [0.1, 0.15) is 5.75 Å². The van der Waals surface area contributed by atoms with Crippen LogP contribution in [0.4, 0.5) is 0 Å². The maximum absolute atomic E-state index is 10.9. The van der Waals surface area contributed by atoms with Crippen molar-refractivity contribution in [2.75, 3.05) is 6.61 Å². The first-order valence-corrected chi connectivity index (χ1v) is 6.33. The second kappa shape index (κ2) is 6.05. The Bertz CT molecular complexity index is 371. The third kappa shape index (κ3) is 4.77. The molecule has 0 saturated carbocycles. The van der Waals surface area contributed by atoms with Crippen molar-refractivity contribution in [2.24, 2.45) is 5.41 Å². The highest BCUT2D eigenvalue weighted by molar-refractivity contribution is 9.10. The molecule has 0 fully saturated rings. The summed E-state index contributed by atoms with van der Waals surface area (Å²) in [6.45, 7) is 4.00. The predicted molar refractivity (Wildman–Crippen MR) is 70.3 cm³/mol. The molecule has 1 N–H and O–H groups in total. The Morgan fingerprint density at radius 2 is 1.94 bits per heavy atom. The van der Waals surface area contributed by atoms with Gasteiger partial charge >= 0.3 is 5.97 Å². The highest BCUT2D eigenvalue weighted by atomic mass is 79.9. The molecule has 0 aliphatic rings. The Kier molecular flexibility index (Phi) is 5.00. The SMILES string of the molecule is CC(C)(CCCOc1ccc(Br)cc1)C(=O)O. The van der Waals surface area contributed by atoms with Gasteiger partial charge in [-0.3, -0.25) is 4.79 Å². The van der Waals surface area contributed by atoms with Crippen molar-refractivity contribution in [1.82, 2.24) is 0 Å². The van der Waals surface area contributed by atoms with Gasteiger partial charge in [-0.05, 0) is 51.0 Å². The number of carboxylic acids is 1. The molecule has 1 aromatic rings. The molecule has 0 heterocycles. The average Bonchev–Trinajstić information content (AvgIpc) is 2.26. The highest BCUT2D eigenvalue weighted by Crippen LogP contribution is 2.23. The molecule has 4 heteroatoms. The smallest absolute Gasteiger partial charge is 0.309 e. The summed E-state index contributed by atoms with van der Waals surface area (Å²) in [4.78, 5) is 10.9. The third-order valence-electron chi connectivity index (χ3n) is 2.61. The van der Waals surface area contributed by atoms with Crippen molar-refractivity contribution in [1.29, 1.82) is 0 Å². The van der Waals surface area contributed by atoms with E-state index < -0.39 is 11.4 Å². The van der Waals surface area contributed by atoms with E-state index >= 15 is 0 Å². The van der Waals surface area contributed by atoms with Crippen molar-refractivity contribution in [3.63, 3.8) is 0 Å². The summed E-state index contributed by atoms with van der Waals surface area (Å²) in [6, 6.07) is 7.59. The number of benzene rings is 1. The Morgan fingerprint density at radius 3 is 2.47 bits per heavy atom. The van der Waals surface area contributed by atoms with Crippen LogP contribution in [0.25, 0.3) is 0 Å². The van der Waals surface area contributed by atoms with Gasteiger partial charge in [0.05, 0.1) is 12.0 Å². The average molecular weight is 301 g/mol. The van der Waals surface area contributed by atoms with E-state index in [0.29, 0.717) is 13.0 Å². The molecule has 0 aliphatic heterocycles. The molecule has 3 nitrogen and oxygen atoms in total. The summed E-state index contributed by atoms with van der Waals surface area (Å²) in [7, 11) is 0. The molecular weight excluding hydrogens is 284 g/mol. The topological polar surface area (TPSA) is 46.5 Å². The van der Waals surface area contributed by atoms with Crippen molar-refractivity contribution in [2.45, 2.75) is 26.7 Å². The zero-order valence-electron chi connectivity index (χ0n) is 10.1. The van der Waals surface area contributed by atoms with Crippen LogP contribution < -0.4 is 4.74 Å². The number of rotatable bonds is 6. The van der Waals surface area contributed by atoms with Crippen LogP contribution in [0, 0.1) is 5.41 Å². The highest BCUT2D eigenvalue weighted by Gasteiger charge is 2.26. The molecule has 0 atom stereocenters. The van der Waals surface area contributed by atoms with Gasteiger partial charge in [0, 0.05) is 4.47 Å². The Morgan fingerprint density at radius 1 is 1.35 bits per heavy atom. The summed E-state index contributed by atoms with van der Waals surface area (Å²) in [6.07, 6.45) is 1.34. The molecule has 1 rings (SSSR count). The van der Waals surface area contributed by atoms with E-state index in [2.05, 4.69) is 15.9 Å². The van der Waals surface area contributed by atoms with Gasteiger partial charge in [0.15, 0.2) is 0 Å². The van der Waals surface area contributed by atoms with Crippen LogP contribution in [0.3, 0.4) is 0 Å². The number of hydrogen-bond acceptors (Lipinski definition) is 2. The van der Waals surface area contributed by atoms with E-state index in [4.69, 9.17) is 9.84 Å². The first-order chi connectivity index (χ1) is 7.92. The van der Waals surface area contributed by atoms with Crippen LogP contribution in [-0.2, 0) is 4.79 Å². The van der Waals surface area contributed by atoms with Crippen LogP contribution in [-0.4, -0.2) is 17.7 Å². The molecule has 0 bridgehead atoms. The zero-order valence-corrected chi connectivity index (χ0v) is 11.7. The second-order valence-electron chi connectivity index (χ2n) is 4.59. The van der Waals surface area contributed by atoms with Gasteiger partial charge in [-0.15, -0.1) is 0 Å². The first-order valence-electron chi connectivity index (χ1n) is 5.53. The van der Waals surface area contributed by atoms with E-state index in [9.17, 15) is 4.79 Å². The van der Waals surface area contributed by atoms with E-state index in [0.717, 1.165) is 16.6 Å². The predicted octanol–water partition coefficient (Wildman–Crippen LogP) is 3.72. The lowest BCUT2D eigenvalue weighted by Crippen LogP contribution is -2.24. The van der Waals surface area contributed by atoms with Crippen LogP contribution >= 0.6 is 15.9 Å². The normalized spacial score (nSPS) is 11.2.